The van der Waals surface area contributed by atoms with Crippen molar-refractivity contribution in [2.24, 2.45) is 5.92 Å². The molecule has 0 aromatic carbocycles. The number of aromatic nitrogens is 1. The van der Waals surface area contributed by atoms with Crippen LogP contribution < -0.4 is 5.32 Å². The summed E-state index contributed by atoms with van der Waals surface area (Å²) in [6.45, 7) is 4.41. The van der Waals surface area contributed by atoms with E-state index in [0.29, 0.717) is 12.0 Å². The molecule has 0 bridgehead atoms. The van der Waals surface area contributed by atoms with Gasteiger partial charge in [0.15, 0.2) is 0 Å². The lowest BCUT2D eigenvalue weighted by Gasteiger charge is -2.19. The molecule has 1 heterocycles. The maximum absolute atomic E-state index is 4.10. The third-order valence-corrected chi connectivity index (χ3v) is 2.02. The van der Waals surface area contributed by atoms with E-state index in [-0.39, 0.29) is 0 Å². The van der Waals surface area contributed by atoms with Gasteiger partial charge in [-0.15, -0.1) is 0 Å². The van der Waals surface area contributed by atoms with Gasteiger partial charge in [0, 0.05) is 18.4 Å². The summed E-state index contributed by atoms with van der Waals surface area (Å²) in [5, 5.41) is 3.28. The Morgan fingerprint density at radius 3 is 2.58 bits per heavy atom. The molecule has 1 rings (SSSR count). The first-order valence-corrected chi connectivity index (χ1v) is 4.33. The summed E-state index contributed by atoms with van der Waals surface area (Å²) in [4.78, 5) is 4.10. The fraction of sp³-hybridized carbons (Fsp3) is 0.500. The number of pyridine rings is 1. The van der Waals surface area contributed by atoms with Gasteiger partial charge in [-0.1, -0.05) is 19.9 Å². The maximum atomic E-state index is 4.10. The zero-order valence-electron chi connectivity index (χ0n) is 7.91. The molecule has 1 N–H and O–H groups in total. The Kier molecular flexibility index (Phi) is 3.23. The average molecular weight is 164 g/mol. The molecule has 0 aliphatic rings. The predicted molar refractivity (Wildman–Crippen MR) is 50.9 cm³/mol. The molecule has 1 aromatic heterocycles. The molecule has 0 unspecified atom stereocenters. The highest BCUT2D eigenvalue weighted by Crippen LogP contribution is 2.19. The van der Waals surface area contributed by atoms with Gasteiger partial charge in [0.1, 0.15) is 0 Å². The third-order valence-electron chi connectivity index (χ3n) is 2.02. The Labute approximate surface area is 74.0 Å². The largest absolute Gasteiger partial charge is 0.313 e. The predicted octanol–water partition coefficient (Wildman–Crippen LogP) is 2.00. The van der Waals surface area contributed by atoms with Crippen LogP contribution in [0.3, 0.4) is 0 Å². The van der Waals surface area contributed by atoms with Crippen molar-refractivity contribution < 1.29 is 0 Å². The minimum Gasteiger partial charge on any atom is -0.313 e. The monoisotopic (exact) mass is 164 g/mol. The van der Waals surface area contributed by atoms with Crippen LogP contribution in [-0.2, 0) is 0 Å². The molecule has 2 heteroatoms. The number of nitrogens with one attached hydrogen (secondary N) is 1. The number of rotatable bonds is 3. The lowest BCUT2D eigenvalue weighted by Crippen LogP contribution is -2.21. The van der Waals surface area contributed by atoms with Gasteiger partial charge in [-0.3, -0.25) is 4.98 Å². The van der Waals surface area contributed by atoms with Crippen molar-refractivity contribution in [3.63, 3.8) is 0 Å². The Bertz CT molecular complexity index is 219. The Balaban J connectivity index is 2.80. The van der Waals surface area contributed by atoms with Gasteiger partial charge in [-0.05, 0) is 24.6 Å². The lowest BCUT2D eigenvalue weighted by molar-refractivity contribution is 0.442. The van der Waals surface area contributed by atoms with Crippen molar-refractivity contribution in [1.29, 1.82) is 0 Å². The maximum Gasteiger partial charge on any atom is 0.0356 e. The first kappa shape index (κ1) is 9.20. The van der Waals surface area contributed by atoms with Crippen LogP contribution in [0.25, 0.3) is 0 Å². The highest BCUT2D eigenvalue weighted by Gasteiger charge is 2.12. The minimum atomic E-state index is 0.415. The zero-order valence-corrected chi connectivity index (χ0v) is 7.91. The summed E-state index contributed by atoms with van der Waals surface area (Å²) in [5.74, 6) is 0.596. The van der Waals surface area contributed by atoms with Gasteiger partial charge in [0.2, 0.25) is 0 Å². The molecule has 0 saturated heterocycles. The van der Waals surface area contributed by atoms with Crippen LogP contribution in [-0.4, -0.2) is 12.0 Å². The van der Waals surface area contributed by atoms with E-state index in [9.17, 15) is 0 Å². The first-order valence-electron chi connectivity index (χ1n) is 4.33. The van der Waals surface area contributed by atoms with Crippen molar-refractivity contribution in [3.05, 3.63) is 30.1 Å². The van der Waals surface area contributed by atoms with Crippen molar-refractivity contribution in [2.45, 2.75) is 19.9 Å². The van der Waals surface area contributed by atoms with Crippen LogP contribution in [0.15, 0.2) is 24.5 Å². The Morgan fingerprint density at radius 1 is 1.42 bits per heavy atom. The fourth-order valence-electron chi connectivity index (χ4n) is 1.44. The molecule has 1 aromatic rings. The smallest absolute Gasteiger partial charge is 0.0356 e. The normalized spacial score (nSPS) is 13.3. The highest BCUT2D eigenvalue weighted by molar-refractivity contribution is 5.14. The second-order valence-electron chi connectivity index (χ2n) is 3.30. The number of hydrogen-bond acceptors (Lipinski definition) is 2. The molecule has 0 aliphatic carbocycles. The van der Waals surface area contributed by atoms with E-state index < -0.39 is 0 Å². The summed E-state index contributed by atoms with van der Waals surface area (Å²) >= 11 is 0. The first-order chi connectivity index (χ1) is 5.75. The molecule has 66 valence electrons. The van der Waals surface area contributed by atoms with Gasteiger partial charge in [-0.25, -0.2) is 0 Å². The van der Waals surface area contributed by atoms with Crippen molar-refractivity contribution in [3.8, 4) is 0 Å². The zero-order chi connectivity index (χ0) is 8.97. The highest BCUT2D eigenvalue weighted by atomic mass is 14.9. The van der Waals surface area contributed by atoms with E-state index >= 15 is 0 Å². The second kappa shape index (κ2) is 4.21. The molecule has 12 heavy (non-hydrogen) atoms. The molecule has 0 aliphatic heterocycles. The number of nitrogens with zero attached hydrogens (tertiary/aromatic N) is 1. The van der Waals surface area contributed by atoms with Crippen LogP contribution in [0.2, 0.25) is 0 Å². The Morgan fingerprint density at radius 2 is 2.17 bits per heavy atom. The second-order valence-corrected chi connectivity index (χ2v) is 3.30. The molecule has 1 atom stereocenters. The molecule has 0 fully saturated rings. The van der Waals surface area contributed by atoms with Crippen molar-refractivity contribution in [2.75, 3.05) is 7.05 Å². The topological polar surface area (TPSA) is 24.9 Å². The fourth-order valence-corrected chi connectivity index (χ4v) is 1.44. The van der Waals surface area contributed by atoms with Crippen LogP contribution in [0.5, 0.6) is 0 Å². The molecular formula is C10H16N2. The van der Waals surface area contributed by atoms with Gasteiger partial charge in [0.05, 0.1) is 0 Å². The van der Waals surface area contributed by atoms with Crippen molar-refractivity contribution in [1.82, 2.24) is 10.3 Å². The molecule has 0 spiro atoms. The summed E-state index contributed by atoms with van der Waals surface area (Å²) in [7, 11) is 1.98. The minimum absolute atomic E-state index is 0.415. The van der Waals surface area contributed by atoms with E-state index in [2.05, 4.69) is 30.2 Å². The van der Waals surface area contributed by atoms with Crippen LogP contribution in [0, 0.1) is 5.92 Å². The molecule has 0 radical (unpaired) electrons. The number of hydrogen-bond donors (Lipinski definition) is 1. The van der Waals surface area contributed by atoms with E-state index in [4.69, 9.17) is 0 Å². The summed E-state index contributed by atoms with van der Waals surface area (Å²) in [5.41, 5.74) is 1.26. The van der Waals surface area contributed by atoms with Crippen LogP contribution >= 0.6 is 0 Å². The van der Waals surface area contributed by atoms with Gasteiger partial charge < -0.3 is 5.32 Å². The van der Waals surface area contributed by atoms with E-state index in [1.165, 1.54) is 5.56 Å². The van der Waals surface area contributed by atoms with Gasteiger partial charge >= 0.3 is 0 Å². The molecule has 2 nitrogen and oxygen atoms in total. The van der Waals surface area contributed by atoms with E-state index in [0.717, 1.165) is 0 Å². The third kappa shape index (κ3) is 2.05. The molecule has 0 saturated carbocycles. The van der Waals surface area contributed by atoms with Crippen LogP contribution in [0.4, 0.5) is 0 Å². The Hall–Kier alpha value is -0.890. The SMILES string of the molecule is CN[C@@H](c1cccnc1)C(C)C. The molecule has 0 amide bonds. The lowest BCUT2D eigenvalue weighted by atomic mass is 9.98. The molecular weight excluding hydrogens is 148 g/mol. The van der Waals surface area contributed by atoms with E-state index in [1.54, 1.807) is 6.20 Å². The quantitative estimate of drug-likeness (QED) is 0.739. The standard InChI is InChI=1S/C10H16N2/c1-8(2)10(11-3)9-5-4-6-12-7-9/h4-8,10-11H,1-3H3/t10-/m1/s1. The van der Waals surface area contributed by atoms with E-state index in [1.807, 2.05) is 19.3 Å². The average Bonchev–Trinajstić information content (AvgIpc) is 2.07. The van der Waals surface area contributed by atoms with Gasteiger partial charge in [-0.2, -0.15) is 0 Å². The summed E-state index contributed by atoms with van der Waals surface area (Å²) in [6, 6.07) is 4.50. The van der Waals surface area contributed by atoms with Crippen LogP contribution in [0.1, 0.15) is 25.5 Å². The van der Waals surface area contributed by atoms with Crippen molar-refractivity contribution >= 4 is 0 Å². The van der Waals surface area contributed by atoms with Gasteiger partial charge in [0.25, 0.3) is 0 Å². The summed E-state index contributed by atoms with van der Waals surface area (Å²) in [6.07, 6.45) is 3.72. The summed E-state index contributed by atoms with van der Waals surface area (Å²) < 4.78 is 0.